The highest BCUT2D eigenvalue weighted by Gasteiger charge is 2.14. The van der Waals surface area contributed by atoms with Crippen LogP contribution in [0.5, 0.6) is 0 Å². The van der Waals surface area contributed by atoms with E-state index in [1.54, 1.807) is 31.2 Å². The average molecular weight is 283 g/mol. The van der Waals surface area contributed by atoms with E-state index in [4.69, 9.17) is 4.42 Å². The zero-order valence-corrected chi connectivity index (χ0v) is 10.0. The number of carbonyl (C=O) groups is 1. The summed E-state index contributed by atoms with van der Waals surface area (Å²) in [6, 6.07) is 7.54. The van der Waals surface area contributed by atoms with Gasteiger partial charge in [0.15, 0.2) is 10.4 Å². The Bertz CT molecular complexity index is 546. The van der Waals surface area contributed by atoms with Crippen molar-refractivity contribution >= 4 is 21.7 Å². The van der Waals surface area contributed by atoms with Crippen LogP contribution in [0, 0.1) is 12.7 Å². The second-order valence-corrected chi connectivity index (χ2v) is 4.18. The van der Waals surface area contributed by atoms with E-state index in [2.05, 4.69) is 15.9 Å². The third kappa shape index (κ3) is 2.07. The largest absolute Gasteiger partial charge is 0.446 e. The van der Waals surface area contributed by atoms with E-state index in [9.17, 15) is 9.18 Å². The molecule has 0 radical (unpaired) electrons. The molecule has 0 bridgehead atoms. The molecule has 0 N–H and O–H groups in total. The maximum Gasteiger partial charge on any atom is 0.228 e. The number of furan rings is 1. The summed E-state index contributed by atoms with van der Waals surface area (Å²) in [6.45, 7) is 1.65. The molecule has 0 saturated carbocycles. The molecular formula is C12H8BrFO2. The van der Waals surface area contributed by atoms with Crippen LogP contribution in [0.4, 0.5) is 4.39 Å². The van der Waals surface area contributed by atoms with Gasteiger partial charge in [0.2, 0.25) is 5.78 Å². The molecule has 0 spiro atoms. The zero-order valence-electron chi connectivity index (χ0n) is 8.46. The molecule has 1 heterocycles. The minimum absolute atomic E-state index is 0.190. The zero-order chi connectivity index (χ0) is 11.7. The van der Waals surface area contributed by atoms with Crippen LogP contribution in [-0.4, -0.2) is 5.78 Å². The van der Waals surface area contributed by atoms with Gasteiger partial charge in [-0.15, -0.1) is 0 Å². The molecule has 2 nitrogen and oxygen atoms in total. The maximum absolute atomic E-state index is 13.3. The van der Waals surface area contributed by atoms with Crippen LogP contribution < -0.4 is 0 Å². The average Bonchev–Trinajstić information content (AvgIpc) is 2.68. The minimum Gasteiger partial charge on any atom is -0.446 e. The fourth-order valence-electron chi connectivity index (χ4n) is 1.31. The summed E-state index contributed by atoms with van der Waals surface area (Å²) in [7, 11) is 0. The van der Waals surface area contributed by atoms with Gasteiger partial charge in [-0.2, -0.15) is 0 Å². The van der Waals surface area contributed by atoms with E-state index in [-0.39, 0.29) is 17.1 Å². The molecule has 4 heteroatoms. The summed E-state index contributed by atoms with van der Waals surface area (Å²) in [5.74, 6) is -0.531. The molecule has 82 valence electrons. The molecule has 0 saturated heterocycles. The van der Waals surface area contributed by atoms with Crippen LogP contribution in [0.15, 0.2) is 39.4 Å². The molecule has 0 amide bonds. The van der Waals surface area contributed by atoms with Gasteiger partial charge in [0.1, 0.15) is 5.82 Å². The SMILES string of the molecule is Cc1ccc(C(=O)c2ccc(Br)o2)cc1F. The van der Waals surface area contributed by atoms with Crippen molar-refractivity contribution in [3.8, 4) is 0 Å². The topological polar surface area (TPSA) is 30.2 Å². The van der Waals surface area contributed by atoms with Gasteiger partial charge in [-0.1, -0.05) is 12.1 Å². The van der Waals surface area contributed by atoms with Crippen molar-refractivity contribution in [3.63, 3.8) is 0 Å². The summed E-state index contributed by atoms with van der Waals surface area (Å²) in [5, 5.41) is 0. The Morgan fingerprint density at radius 3 is 2.62 bits per heavy atom. The first-order chi connectivity index (χ1) is 7.58. The van der Waals surface area contributed by atoms with Crippen molar-refractivity contribution in [2.24, 2.45) is 0 Å². The lowest BCUT2D eigenvalue weighted by atomic mass is 10.1. The number of halogens is 2. The van der Waals surface area contributed by atoms with Gasteiger partial charge in [-0.05, 0) is 46.6 Å². The van der Waals surface area contributed by atoms with Crippen LogP contribution >= 0.6 is 15.9 Å². The lowest BCUT2D eigenvalue weighted by Crippen LogP contribution is -2.00. The van der Waals surface area contributed by atoms with Gasteiger partial charge in [0.25, 0.3) is 0 Å². The number of carbonyl (C=O) groups excluding carboxylic acids is 1. The summed E-state index contributed by atoms with van der Waals surface area (Å²) in [5.41, 5.74) is 0.794. The number of ketones is 1. The normalized spacial score (nSPS) is 10.4. The van der Waals surface area contributed by atoms with E-state index in [0.717, 1.165) is 0 Å². The predicted octanol–water partition coefficient (Wildman–Crippen LogP) is 3.72. The molecule has 1 aromatic heterocycles. The van der Waals surface area contributed by atoms with Crippen LogP contribution in [0.2, 0.25) is 0 Å². The smallest absolute Gasteiger partial charge is 0.228 e. The van der Waals surface area contributed by atoms with Crippen LogP contribution in [-0.2, 0) is 0 Å². The number of benzene rings is 1. The summed E-state index contributed by atoms with van der Waals surface area (Å²) in [6.07, 6.45) is 0. The van der Waals surface area contributed by atoms with Crippen LogP contribution in [0.25, 0.3) is 0 Å². The van der Waals surface area contributed by atoms with E-state index in [1.807, 2.05) is 0 Å². The molecular weight excluding hydrogens is 275 g/mol. The van der Waals surface area contributed by atoms with Gasteiger partial charge in [-0.3, -0.25) is 4.79 Å². The molecule has 0 aliphatic carbocycles. The monoisotopic (exact) mass is 282 g/mol. The van der Waals surface area contributed by atoms with Gasteiger partial charge in [-0.25, -0.2) is 4.39 Å². The van der Waals surface area contributed by atoms with E-state index in [1.165, 1.54) is 6.07 Å². The number of hydrogen-bond acceptors (Lipinski definition) is 2. The highest BCUT2D eigenvalue weighted by atomic mass is 79.9. The lowest BCUT2D eigenvalue weighted by Gasteiger charge is -2.00. The highest BCUT2D eigenvalue weighted by molar-refractivity contribution is 9.10. The van der Waals surface area contributed by atoms with E-state index in [0.29, 0.717) is 10.2 Å². The molecule has 0 aliphatic rings. The number of aryl methyl sites for hydroxylation is 1. The van der Waals surface area contributed by atoms with Crippen molar-refractivity contribution < 1.29 is 13.6 Å². The first-order valence-corrected chi connectivity index (χ1v) is 5.43. The molecule has 2 aromatic rings. The van der Waals surface area contributed by atoms with Crippen molar-refractivity contribution in [3.05, 3.63) is 57.7 Å². The fourth-order valence-corrected chi connectivity index (χ4v) is 1.62. The molecule has 0 aliphatic heterocycles. The summed E-state index contributed by atoms with van der Waals surface area (Å²) < 4.78 is 18.9. The van der Waals surface area contributed by atoms with Gasteiger partial charge >= 0.3 is 0 Å². The second-order valence-electron chi connectivity index (χ2n) is 3.40. The van der Waals surface area contributed by atoms with E-state index < -0.39 is 5.82 Å². The number of hydrogen-bond donors (Lipinski definition) is 0. The second kappa shape index (κ2) is 4.22. The van der Waals surface area contributed by atoms with Crippen molar-refractivity contribution in [1.29, 1.82) is 0 Å². The van der Waals surface area contributed by atoms with Crippen LogP contribution in [0.1, 0.15) is 21.7 Å². The van der Waals surface area contributed by atoms with E-state index >= 15 is 0 Å². The molecule has 1 aromatic carbocycles. The Kier molecular flexibility index (Phi) is 2.92. The minimum atomic E-state index is -0.392. The Balaban J connectivity index is 2.38. The summed E-state index contributed by atoms with van der Waals surface area (Å²) >= 11 is 3.11. The van der Waals surface area contributed by atoms with Crippen molar-refractivity contribution in [2.75, 3.05) is 0 Å². The molecule has 0 atom stereocenters. The fraction of sp³-hybridized carbons (Fsp3) is 0.0833. The quantitative estimate of drug-likeness (QED) is 0.786. The molecule has 0 unspecified atom stereocenters. The third-order valence-electron chi connectivity index (χ3n) is 2.23. The van der Waals surface area contributed by atoms with Gasteiger partial charge in [0.05, 0.1) is 0 Å². The Hall–Kier alpha value is -1.42. The van der Waals surface area contributed by atoms with Crippen molar-refractivity contribution in [2.45, 2.75) is 6.92 Å². The molecule has 0 fully saturated rings. The Morgan fingerprint density at radius 2 is 2.06 bits per heavy atom. The van der Waals surface area contributed by atoms with Gasteiger partial charge < -0.3 is 4.42 Å². The predicted molar refractivity (Wildman–Crippen MR) is 61.0 cm³/mol. The summed E-state index contributed by atoms with van der Waals surface area (Å²) in [4.78, 5) is 11.8. The molecule has 16 heavy (non-hydrogen) atoms. The number of rotatable bonds is 2. The third-order valence-corrected chi connectivity index (χ3v) is 2.66. The first kappa shape index (κ1) is 11.1. The molecule has 2 rings (SSSR count). The highest BCUT2D eigenvalue weighted by Crippen LogP contribution is 2.18. The van der Waals surface area contributed by atoms with Crippen LogP contribution in [0.3, 0.4) is 0 Å². The first-order valence-electron chi connectivity index (χ1n) is 4.64. The van der Waals surface area contributed by atoms with Gasteiger partial charge in [0, 0.05) is 5.56 Å². The lowest BCUT2D eigenvalue weighted by molar-refractivity contribution is 0.101. The maximum atomic E-state index is 13.3. The van der Waals surface area contributed by atoms with Crippen molar-refractivity contribution in [1.82, 2.24) is 0 Å². The standard InChI is InChI=1S/C12H8BrFO2/c1-7-2-3-8(6-9(7)14)12(15)10-4-5-11(13)16-10/h2-6H,1H3. The Labute approximate surface area is 100 Å². The Morgan fingerprint density at radius 1 is 1.31 bits per heavy atom.